The van der Waals surface area contributed by atoms with Crippen LogP contribution in [0.1, 0.15) is 26.2 Å². The second-order valence-corrected chi connectivity index (χ2v) is 5.07. The highest BCUT2D eigenvalue weighted by atomic mass is 16.5. The molecule has 1 aliphatic heterocycles. The van der Waals surface area contributed by atoms with Gasteiger partial charge in [0.2, 0.25) is 0 Å². The van der Waals surface area contributed by atoms with Gasteiger partial charge in [-0.2, -0.15) is 0 Å². The van der Waals surface area contributed by atoms with Gasteiger partial charge in [0.25, 0.3) is 0 Å². The van der Waals surface area contributed by atoms with Crippen LogP contribution in [-0.4, -0.2) is 61.9 Å². The van der Waals surface area contributed by atoms with Crippen LogP contribution in [0.3, 0.4) is 0 Å². The van der Waals surface area contributed by atoms with Crippen molar-refractivity contribution in [2.75, 3.05) is 39.9 Å². The largest absolute Gasteiger partial charge is 0.480 e. The maximum Gasteiger partial charge on any atom is 0.322 e. The third-order valence-corrected chi connectivity index (χ3v) is 3.39. The average molecular weight is 258 g/mol. The summed E-state index contributed by atoms with van der Waals surface area (Å²) in [5, 5.41) is 12.3. The van der Waals surface area contributed by atoms with Crippen LogP contribution in [0.5, 0.6) is 0 Å². The third kappa shape index (κ3) is 5.33. The third-order valence-electron chi connectivity index (χ3n) is 3.39. The summed E-state index contributed by atoms with van der Waals surface area (Å²) in [6.45, 7) is 6.11. The summed E-state index contributed by atoms with van der Waals surface area (Å²) in [4.78, 5) is 13.4. The summed E-state index contributed by atoms with van der Waals surface area (Å²) in [6, 6.07) is -0.453. The number of hydrogen-bond acceptors (Lipinski definition) is 4. The highest BCUT2D eigenvalue weighted by Crippen LogP contribution is 2.16. The number of ether oxygens (including phenoxy) is 1. The number of nitrogens with zero attached hydrogens (tertiary/aromatic N) is 1. The summed E-state index contributed by atoms with van der Waals surface area (Å²) in [5.41, 5.74) is 0. The van der Waals surface area contributed by atoms with Crippen molar-refractivity contribution in [3.8, 4) is 0 Å². The number of carbonyl (C=O) groups is 1. The quantitative estimate of drug-likeness (QED) is 0.674. The molecule has 2 atom stereocenters. The maximum absolute atomic E-state index is 11.2. The molecule has 1 aliphatic rings. The Morgan fingerprint density at radius 1 is 1.61 bits per heavy atom. The van der Waals surface area contributed by atoms with Gasteiger partial charge in [0, 0.05) is 20.2 Å². The van der Waals surface area contributed by atoms with E-state index in [1.807, 2.05) is 6.92 Å². The first-order valence-electron chi connectivity index (χ1n) is 6.84. The van der Waals surface area contributed by atoms with Crippen molar-refractivity contribution in [2.45, 2.75) is 32.2 Å². The van der Waals surface area contributed by atoms with E-state index in [0.717, 1.165) is 39.1 Å². The summed E-state index contributed by atoms with van der Waals surface area (Å²) in [7, 11) is 1.72. The van der Waals surface area contributed by atoms with Crippen LogP contribution in [0.25, 0.3) is 0 Å². The van der Waals surface area contributed by atoms with Crippen LogP contribution in [0.4, 0.5) is 0 Å². The molecule has 0 aromatic carbocycles. The van der Waals surface area contributed by atoms with E-state index >= 15 is 0 Å². The highest BCUT2D eigenvalue weighted by Gasteiger charge is 2.25. The Balaban J connectivity index is 2.39. The lowest BCUT2D eigenvalue weighted by Gasteiger charge is -2.34. The predicted octanol–water partition coefficient (Wildman–Crippen LogP) is 0.798. The van der Waals surface area contributed by atoms with E-state index < -0.39 is 12.0 Å². The second kappa shape index (κ2) is 8.45. The zero-order valence-electron chi connectivity index (χ0n) is 11.5. The molecule has 0 aromatic rings. The summed E-state index contributed by atoms with van der Waals surface area (Å²) < 4.78 is 5.19. The first-order chi connectivity index (χ1) is 8.67. The van der Waals surface area contributed by atoms with Gasteiger partial charge in [-0.25, -0.2) is 0 Å². The molecule has 0 aromatic heterocycles. The molecule has 1 fully saturated rings. The van der Waals surface area contributed by atoms with E-state index in [4.69, 9.17) is 4.74 Å². The Morgan fingerprint density at radius 3 is 3.00 bits per heavy atom. The van der Waals surface area contributed by atoms with Crippen molar-refractivity contribution in [1.29, 1.82) is 0 Å². The summed E-state index contributed by atoms with van der Waals surface area (Å²) in [5.74, 6) is -0.207. The molecule has 0 saturated carbocycles. The van der Waals surface area contributed by atoms with Crippen LogP contribution in [0, 0.1) is 5.92 Å². The van der Waals surface area contributed by atoms with Crippen LogP contribution in [0.15, 0.2) is 0 Å². The topological polar surface area (TPSA) is 61.8 Å². The summed E-state index contributed by atoms with van der Waals surface area (Å²) in [6.07, 6.45) is 3.27. The lowest BCUT2D eigenvalue weighted by Crippen LogP contribution is -2.49. The van der Waals surface area contributed by atoms with Crippen molar-refractivity contribution in [3.63, 3.8) is 0 Å². The van der Waals surface area contributed by atoms with Crippen LogP contribution >= 0.6 is 0 Å². The molecule has 5 heteroatoms. The molecule has 2 N–H and O–H groups in total. The Bertz CT molecular complexity index is 246. The fourth-order valence-electron chi connectivity index (χ4n) is 2.50. The number of nitrogens with one attached hydrogen (secondary N) is 1. The van der Waals surface area contributed by atoms with Crippen molar-refractivity contribution in [3.05, 3.63) is 0 Å². The van der Waals surface area contributed by atoms with Gasteiger partial charge in [-0.05, 0) is 38.3 Å². The molecule has 0 radical (unpaired) electrons. The van der Waals surface area contributed by atoms with E-state index in [1.54, 1.807) is 7.11 Å². The number of methoxy groups -OCH3 is 1. The normalized spacial score (nSPS) is 22.9. The number of hydrogen-bond donors (Lipinski definition) is 2. The van der Waals surface area contributed by atoms with Crippen LogP contribution < -0.4 is 5.32 Å². The van der Waals surface area contributed by atoms with Crippen molar-refractivity contribution >= 4 is 5.97 Å². The Labute approximate surface area is 109 Å². The fourth-order valence-corrected chi connectivity index (χ4v) is 2.50. The molecule has 1 rings (SSSR count). The van der Waals surface area contributed by atoms with Crippen molar-refractivity contribution in [2.24, 2.45) is 5.92 Å². The zero-order valence-corrected chi connectivity index (χ0v) is 11.5. The Kier molecular flexibility index (Phi) is 7.23. The Hall–Kier alpha value is -0.650. The standard InChI is InChI=1S/C13H26N2O3/c1-3-6-14-12(13(16)17)9-15-7-4-5-11(8-15)10-18-2/h11-12,14H,3-10H2,1-2H3,(H,16,17). The van der Waals surface area contributed by atoms with Gasteiger partial charge >= 0.3 is 5.97 Å². The van der Waals surface area contributed by atoms with Crippen molar-refractivity contribution in [1.82, 2.24) is 10.2 Å². The molecule has 0 amide bonds. The number of piperidine rings is 1. The van der Waals surface area contributed by atoms with E-state index in [-0.39, 0.29) is 0 Å². The van der Waals surface area contributed by atoms with Crippen LogP contribution in [0.2, 0.25) is 0 Å². The van der Waals surface area contributed by atoms with E-state index in [2.05, 4.69) is 10.2 Å². The zero-order chi connectivity index (χ0) is 13.4. The van der Waals surface area contributed by atoms with Gasteiger partial charge in [0.15, 0.2) is 0 Å². The first kappa shape index (κ1) is 15.4. The maximum atomic E-state index is 11.2. The van der Waals surface area contributed by atoms with Crippen LogP contribution in [-0.2, 0) is 9.53 Å². The van der Waals surface area contributed by atoms with E-state index in [1.165, 1.54) is 6.42 Å². The number of likely N-dealkylation sites (tertiary alicyclic amines) is 1. The molecule has 2 unspecified atom stereocenters. The van der Waals surface area contributed by atoms with Gasteiger partial charge in [-0.15, -0.1) is 0 Å². The minimum atomic E-state index is -0.752. The molecule has 0 spiro atoms. The van der Waals surface area contributed by atoms with Gasteiger partial charge < -0.3 is 20.1 Å². The minimum Gasteiger partial charge on any atom is -0.480 e. The average Bonchev–Trinajstić information content (AvgIpc) is 2.35. The lowest BCUT2D eigenvalue weighted by molar-refractivity contribution is -0.140. The summed E-state index contributed by atoms with van der Waals surface area (Å²) >= 11 is 0. The van der Waals surface area contributed by atoms with Gasteiger partial charge in [0.05, 0.1) is 6.61 Å². The van der Waals surface area contributed by atoms with E-state index in [0.29, 0.717) is 12.5 Å². The highest BCUT2D eigenvalue weighted by molar-refractivity contribution is 5.73. The number of aliphatic carboxylic acids is 1. The SMILES string of the molecule is CCCNC(CN1CCCC(COC)C1)C(=O)O. The van der Waals surface area contributed by atoms with Gasteiger partial charge in [-0.1, -0.05) is 6.92 Å². The lowest BCUT2D eigenvalue weighted by atomic mass is 9.98. The fraction of sp³-hybridized carbons (Fsp3) is 0.923. The first-order valence-corrected chi connectivity index (χ1v) is 6.84. The second-order valence-electron chi connectivity index (χ2n) is 5.07. The molecule has 18 heavy (non-hydrogen) atoms. The van der Waals surface area contributed by atoms with Gasteiger partial charge in [0.1, 0.15) is 6.04 Å². The number of rotatable bonds is 8. The molecule has 1 saturated heterocycles. The molecular weight excluding hydrogens is 232 g/mol. The molecular formula is C13H26N2O3. The molecule has 5 nitrogen and oxygen atoms in total. The van der Waals surface area contributed by atoms with Gasteiger partial charge in [-0.3, -0.25) is 4.79 Å². The molecule has 106 valence electrons. The minimum absolute atomic E-state index is 0.453. The molecule has 0 bridgehead atoms. The number of carboxylic acids is 1. The van der Waals surface area contributed by atoms with Crippen molar-refractivity contribution < 1.29 is 14.6 Å². The molecule has 1 heterocycles. The smallest absolute Gasteiger partial charge is 0.322 e. The number of carboxylic acid groups (broad SMARTS) is 1. The van der Waals surface area contributed by atoms with E-state index in [9.17, 15) is 9.90 Å². The molecule has 0 aliphatic carbocycles. The Morgan fingerprint density at radius 2 is 2.39 bits per heavy atom. The predicted molar refractivity (Wildman–Crippen MR) is 70.8 cm³/mol. The monoisotopic (exact) mass is 258 g/mol.